The molecule has 0 radical (unpaired) electrons. The van der Waals surface area contributed by atoms with Gasteiger partial charge < -0.3 is 19.3 Å². The molecule has 0 atom stereocenters. The normalized spacial score (nSPS) is 17.3. The minimum Gasteiger partial charge on any atom is -0.490 e. The molecule has 1 aromatic rings. The van der Waals surface area contributed by atoms with Crippen molar-refractivity contribution < 1.29 is 19.2 Å². The third-order valence-electron chi connectivity index (χ3n) is 4.48. The number of benzene rings is 1. The third-order valence-corrected chi connectivity index (χ3v) is 4.48. The van der Waals surface area contributed by atoms with E-state index in [9.17, 15) is 14.9 Å². The average molecular weight is 379 g/mol. The first kappa shape index (κ1) is 20.8. The van der Waals surface area contributed by atoms with E-state index >= 15 is 0 Å². The van der Waals surface area contributed by atoms with E-state index in [1.54, 1.807) is 17.0 Å². The van der Waals surface area contributed by atoms with Crippen LogP contribution in [0.25, 0.3) is 0 Å². The summed E-state index contributed by atoms with van der Waals surface area (Å²) < 4.78 is 10.5. The van der Waals surface area contributed by atoms with Crippen LogP contribution in [0.3, 0.4) is 0 Å². The Bertz CT molecular complexity index is 700. The van der Waals surface area contributed by atoms with Crippen molar-refractivity contribution in [3.05, 3.63) is 28.3 Å². The SMILES string of the molecule is CC.COc1cc(N2CC3(CN(C(=O)OC(C)(C)C)C3)C2)ccc1[N+](=O)[O-]. The number of carbonyl (C=O) groups is 1. The highest BCUT2D eigenvalue weighted by molar-refractivity contribution is 5.70. The van der Waals surface area contributed by atoms with Gasteiger partial charge in [0.2, 0.25) is 0 Å². The van der Waals surface area contributed by atoms with Crippen molar-refractivity contribution >= 4 is 17.5 Å². The zero-order valence-corrected chi connectivity index (χ0v) is 16.9. The average Bonchev–Trinajstić information content (AvgIpc) is 2.52. The molecule has 2 saturated heterocycles. The number of rotatable bonds is 3. The van der Waals surface area contributed by atoms with Crippen molar-refractivity contribution in [2.45, 2.75) is 40.2 Å². The molecular weight excluding hydrogens is 350 g/mol. The van der Waals surface area contributed by atoms with Crippen LogP contribution in [0.5, 0.6) is 5.75 Å². The summed E-state index contributed by atoms with van der Waals surface area (Å²) in [6.45, 7) is 12.6. The molecule has 2 heterocycles. The number of likely N-dealkylation sites (tertiary alicyclic amines) is 1. The summed E-state index contributed by atoms with van der Waals surface area (Å²) in [4.78, 5) is 26.4. The predicted octanol–water partition coefficient (Wildman–Crippen LogP) is 3.69. The third kappa shape index (κ3) is 4.43. The number of hydrogen-bond donors (Lipinski definition) is 0. The van der Waals surface area contributed by atoms with E-state index in [1.165, 1.54) is 13.2 Å². The van der Waals surface area contributed by atoms with E-state index in [-0.39, 0.29) is 22.9 Å². The maximum atomic E-state index is 12.0. The number of anilines is 1. The van der Waals surface area contributed by atoms with E-state index in [0.29, 0.717) is 13.1 Å². The standard InChI is InChI=1S/C17H23N3O5.C2H6/c1-16(2,3)25-15(21)19-10-17(11-19)8-18(9-17)12-5-6-13(20(22)23)14(7-12)24-4;1-2/h5-7H,8-11H2,1-4H3;1-2H3. The highest BCUT2D eigenvalue weighted by Gasteiger charge is 2.54. The van der Waals surface area contributed by atoms with Gasteiger partial charge in [0, 0.05) is 49.4 Å². The fourth-order valence-corrected chi connectivity index (χ4v) is 3.38. The Hall–Kier alpha value is -2.51. The molecule has 2 fully saturated rings. The van der Waals surface area contributed by atoms with Crippen molar-refractivity contribution in [2.75, 3.05) is 38.2 Å². The molecule has 1 amide bonds. The Labute approximate surface area is 160 Å². The molecule has 1 aromatic carbocycles. The van der Waals surface area contributed by atoms with E-state index in [1.807, 2.05) is 34.6 Å². The molecule has 2 aliphatic heterocycles. The second-order valence-corrected chi connectivity index (χ2v) is 7.81. The number of nitro groups is 1. The van der Waals surface area contributed by atoms with E-state index in [0.717, 1.165) is 18.8 Å². The Morgan fingerprint density at radius 1 is 1.19 bits per heavy atom. The zero-order chi connectivity index (χ0) is 20.4. The van der Waals surface area contributed by atoms with Crippen molar-refractivity contribution in [3.8, 4) is 5.75 Å². The number of hydrogen-bond acceptors (Lipinski definition) is 6. The maximum absolute atomic E-state index is 12.0. The van der Waals surface area contributed by atoms with Crippen molar-refractivity contribution in [2.24, 2.45) is 5.41 Å². The lowest BCUT2D eigenvalue weighted by atomic mass is 9.73. The molecule has 2 aliphatic rings. The first-order chi connectivity index (χ1) is 12.6. The van der Waals surface area contributed by atoms with Crippen LogP contribution in [-0.4, -0.2) is 54.8 Å². The van der Waals surface area contributed by atoms with Gasteiger partial charge in [-0.3, -0.25) is 10.1 Å². The van der Waals surface area contributed by atoms with Gasteiger partial charge in [0.15, 0.2) is 5.75 Å². The van der Waals surface area contributed by atoms with Gasteiger partial charge in [-0.25, -0.2) is 4.79 Å². The molecule has 1 spiro atoms. The van der Waals surface area contributed by atoms with Gasteiger partial charge in [0.05, 0.1) is 12.0 Å². The Morgan fingerprint density at radius 2 is 1.78 bits per heavy atom. The van der Waals surface area contributed by atoms with Crippen LogP contribution in [0.2, 0.25) is 0 Å². The summed E-state index contributed by atoms with van der Waals surface area (Å²) in [5.74, 6) is 0.257. The summed E-state index contributed by atoms with van der Waals surface area (Å²) in [5.41, 5.74) is 0.470. The molecule has 0 aliphatic carbocycles. The summed E-state index contributed by atoms with van der Waals surface area (Å²) in [5, 5.41) is 11.0. The van der Waals surface area contributed by atoms with Crippen LogP contribution in [0.15, 0.2) is 18.2 Å². The largest absolute Gasteiger partial charge is 0.490 e. The number of methoxy groups -OCH3 is 1. The molecule has 0 unspecified atom stereocenters. The van der Waals surface area contributed by atoms with Gasteiger partial charge in [-0.1, -0.05) is 13.8 Å². The fraction of sp³-hybridized carbons (Fsp3) is 0.632. The number of nitrogens with zero attached hydrogens (tertiary/aromatic N) is 3. The molecule has 0 N–H and O–H groups in total. The Morgan fingerprint density at radius 3 is 2.26 bits per heavy atom. The summed E-state index contributed by atoms with van der Waals surface area (Å²) in [6, 6.07) is 4.89. The van der Waals surface area contributed by atoms with Gasteiger partial charge in [0.1, 0.15) is 5.60 Å². The molecule has 150 valence electrons. The number of ether oxygens (including phenoxy) is 2. The predicted molar refractivity (Wildman–Crippen MR) is 103 cm³/mol. The molecule has 3 rings (SSSR count). The second kappa shape index (κ2) is 7.62. The molecule has 0 aromatic heterocycles. The van der Waals surface area contributed by atoms with Crippen LogP contribution >= 0.6 is 0 Å². The fourth-order valence-electron chi connectivity index (χ4n) is 3.38. The lowest BCUT2D eigenvalue weighted by Gasteiger charge is -2.60. The van der Waals surface area contributed by atoms with Crippen LogP contribution in [0.1, 0.15) is 34.6 Å². The molecule has 8 nitrogen and oxygen atoms in total. The topological polar surface area (TPSA) is 85.2 Å². The number of carbonyl (C=O) groups excluding carboxylic acids is 1. The highest BCUT2D eigenvalue weighted by Crippen LogP contribution is 2.43. The number of nitro benzene ring substituents is 1. The van der Waals surface area contributed by atoms with Crippen LogP contribution in [0.4, 0.5) is 16.2 Å². The monoisotopic (exact) mass is 379 g/mol. The lowest BCUT2D eigenvalue weighted by molar-refractivity contribution is -0.385. The lowest BCUT2D eigenvalue weighted by Crippen LogP contribution is -2.73. The van der Waals surface area contributed by atoms with Crippen LogP contribution < -0.4 is 9.64 Å². The van der Waals surface area contributed by atoms with Gasteiger partial charge >= 0.3 is 11.8 Å². The molecule has 8 heteroatoms. The molecule has 0 saturated carbocycles. The van der Waals surface area contributed by atoms with Crippen molar-refractivity contribution in [3.63, 3.8) is 0 Å². The summed E-state index contributed by atoms with van der Waals surface area (Å²) in [6.07, 6.45) is -0.270. The first-order valence-electron chi connectivity index (χ1n) is 9.18. The molecule has 0 bridgehead atoms. The second-order valence-electron chi connectivity index (χ2n) is 7.81. The Kier molecular flexibility index (Phi) is 5.87. The molecular formula is C19H29N3O5. The van der Waals surface area contributed by atoms with E-state index in [2.05, 4.69) is 4.90 Å². The van der Waals surface area contributed by atoms with Gasteiger partial charge in [0.25, 0.3) is 0 Å². The van der Waals surface area contributed by atoms with E-state index in [4.69, 9.17) is 9.47 Å². The smallest absolute Gasteiger partial charge is 0.410 e. The molecule has 27 heavy (non-hydrogen) atoms. The maximum Gasteiger partial charge on any atom is 0.410 e. The van der Waals surface area contributed by atoms with Crippen molar-refractivity contribution in [1.82, 2.24) is 4.90 Å². The quantitative estimate of drug-likeness (QED) is 0.588. The Balaban J connectivity index is 0.00000126. The first-order valence-corrected chi connectivity index (χ1v) is 9.18. The van der Waals surface area contributed by atoms with Gasteiger partial charge in [-0.15, -0.1) is 0 Å². The van der Waals surface area contributed by atoms with Crippen LogP contribution in [0, 0.1) is 15.5 Å². The van der Waals surface area contributed by atoms with Crippen molar-refractivity contribution in [1.29, 1.82) is 0 Å². The summed E-state index contributed by atoms with van der Waals surface area (Å²) >= 11 is 0. The van der Waals surface area contributed by atoms with E-state index < -0.39 is 10.5 Å². The van der Waals surface area contributed by atoms with Gasteiger partial charge in [-0.2, -0.15) is 0 Å². The number of amides is 1. The zero-order valence-electron chi connectivity index (χ0n) is 16.9. The highest BCUT2D eigenvalue weighted by atomic mass is 16.6. The van der Waals surface area contributed by atoms with Crippen LogP contribution in [-0.2, 0) is 4.74 Å². The summed E-state index contributed by atoms with van der Waals surface area (Å²) in [7, 11) is 1.42. The minimum absolute atomic E-state index is 0.0405. The minimum atomic E-state index is -0.485. The van der Waals surface area contributed by atoms with Gasteiger partial charge in [-0.05, 0) is 26.8 Å².